The molecule has 1 atom stereocenters. The number of hydrogen-bond acceptors (Lipinski definition) is 3. The Hall–Kier alpha value is -2.23. The highest BCUT2D eigenvalue weighted by Gasteiger charge is 2.20. The highest BCUT2D eigenvalue weighted by molar-refractivity contribution is 5.82. The lowest BCUT2D eigenvalue weighted by Crippen LogP contribution is -2.46. The molecule has 0 rings (SSSR count). The average molecular weight is 256 g/mol. The van der Waals surface area contributed by atoms with Crippen LogP contribution in [0.15, 0.2) is 0 Å². The maximum Gasteiger partial charge on any atom is 0.326 e. The summed E-state index contributed by atoms with van der Waals surface area (Å²) in [7, 11) is 0. The Bertz CT molecular complexity index is 348. The summed E-state index contributed by atoms with van der Waals surface area (Å²) in [5.74, 6) is 0.0202. The molecule has 7 nitrogen and oxygen atoms in total. The van der Waals surface area contributed by atoms with E-state index in [4.69, 9.17) is 16.6 Å². The summed E-state index contributed by atoms with van der Waals surface area (Å²) >= 11 is 0. The minimum absolute atomic E-state index is 0.164. The van der Waals surface area contributed by atoms with Crippen molar-refractivity contribution in [1.29, 1.82) is 0 Å². The Morgan fingerprint density at radius 3 is 2.44 bits per heavy atom. The van der Waals surface area contributed by atoms with Gasteiger partial charge in [0.1, 0.15) is 6.04 Å². The third-order valence-corrected chi connectivity index (χ3v) is 2.03. The van der Waals surface area contributed by atoms with Crippen molar-refractivity contribution in [2.45, 2.75) is 31.7 Å². The highest BCUT2D eigenvalue weighted by atomic mass is 16.4. The fourth-order valence-electron chi connectivity index (χ4n) is 1.13. The highest BCUT2D eigenvalue weighted by Crippen LogP contribution is 1.98. The smallest absolute Gasteiger partial charge is 0.326 e. The first kappa shape index (κ1) is 15.8. The Kier molecular flexibility index (Phi) is 7.77. The maximum atomic E-state index is 11.3. The van der Waals surface area contributed by atoms with Crippen LogP contribution in [0.3, 0.4) is 0 Å². The molecule has 0 aromatic heterocycles. The van der Waals surface area contributed by atoms with Gasteiger partial charge < -0.3 is 20.8 Å². The van der Waals surface area contributed by atoms with E-state index in [2.05, 4.69) is 16.6 Å². The molecular weight excluding hydrogens is 240 g/mol. The number of urea groups is 1. The number of hydrogen-bond donors (Lipinski definition) is 4. The first-order valence-corrected chi connectivity index (χ1v) is 5.39. The maximum absolute atomic E-state index is 11.3. The summed E-state index contributed by atoms with van der Waals surface area (Å²) in [6.07, 6.45) is 5.64. The second kappa shape index (κ2) is 8.87. The van der Waals surface area contributed by atoms with Crippen LogP contribution in [0.25, 0.3) is 0 Å². The summed E-state index contributed by atoms with van der Waals surface area (Å²) in [5, 5.41) is 21.8. The molecule has 0 aliphatic rings. The van der Waals surface area contributed by atoms with Crippen molar-refractivity contribution < 1.29 is 24.6 Å². The van der Waals surface area contributed by atoms with Crippen LogP contribution in [-0.4, -0.2) is 40.8 Å². The van der Waals surface area contributed by atoms with Crippen LogP contribution >= 0.6 is 0 Å². The quantitative estimate of drug-likeness (QED) is 0.361. The van der Waals surface area contributed by atoms with Gasteiger partial charge in [0.2, 0.25) is 0 Å². The molecule has 0 bridgehead atoms. The summed E-state index contributed by atoms with van der Waals surface area (Å²) < 4.78 is 0. The van der Waals surface area contributed by atoms with Gasteiger partial charge in [0.25, 0.3) is 0 Å². The summed E-state index contributed by atoms with van der Waals surface area (Å²) in [6.45, 7) is 0.335. The normalized spacial score (nSPS) is 11.1. The van der Waals surface area contributed by atoms with Gasteiger partial charge in [0.05, 0.1) is 0 Å². The largest absolute Gasteiger partial charge is 0.481 e. The third-order valence-electron chi connectivity index (χ3n) is 2.03. The number of aliphatic carboxylic acids is 2. The van der Waals surface area contributed by atoms with Gasteiger partial charge in [-0.1, -0.05) is 0 Å². The molecule has 100 valence electrons. The number of unbranched alkanes of at least 4 members (excludes halogenated alkanes) is 1. The Labute approximate surface area is 105 Å². The van der Waals surface area contributed by atoms with Gasteiger partial charge >= 0.3 is 18.0 Å². The van der Waals surface area contributed by atoms with Crippen molar-refractivity contribution in [1.82, 2.24) is 10.6 Å². The van der Waals surface area contributed by atoms with E-state index in [0.717, 1.165) is 0 Å². The fourth-order valence-corrected chi connectivity index (χ4v) is 1.13. The molecule has 0 aromatic rings. The van der Waals surface area contributed by atoms with Crippen molar-refractivity contribution in [2.24, 2.45) is 0 Å². The average Bonchev–Trinajstić information content (AvgIpc) is 2.29. The van der Waals surface area contributed by atoms with Gasteiger partial charge in [0, 0.05) is 19.4 Å². The summed E-state index contributed by atoms with van der Waals surface area (Å²) in [6, 6.07) is -1.86. The van der Waals surface area contributed by atoms with Crippen molar-refractivity contribution in [3.63, 3.8) is 0 Å². The second-order valence-corrected chi connectivity index (χ2v) is 3.53. The Morgan fingerprint density at radius 1 is 1.28 bits per heavy atom. The van der Waals surface area contributed by atoms with Crippen LogP contribution in [0, 0.1) is 12.3 Å². The predicted molar refractivity (Wildman–Crippen MR) is 62.9 cm³/mol. The van der Waals surface area contributed by atoms with Crippen LogP contribution in [0.4, 0.5) is 4.79 Å². The minimum atomic E-state index is -1.27. The van der Waals surface area contributed by atoms with E-state index >= 15 is 0 Å². The molecule has 7 heteroatoms. The number of carboxylic acids is 2. The Balaban J connectivity index is 4.00. The van der Waals surface area contributed by atoms with Gasteiger partial charge in [-0.2, -0.15) is 0 Å². The SMILES string of the molecule is C#CCCCNC(=O)N[C@@H](CCC(=O)O)C(=O)O. The molecule has 0 aliphatic heterocycles. The molecule has 0 radical (unpaired) electrons. The number of rotatable bonds is 8. The van der Waals surface area contributed by atoms with E-state index in [9.17, 15) is 14.4 Å². The van der Waals surface area contributed by atoms with Gasteiger partial charge in [-0.05, 0) is 12.8 Å². The Morgan fingerprint density at radius 2 is 1.94 bits per heavy atom. The zero-order valence-corrected chi connectivity index (χ0v) is 9.81. The fraction of sp³-hybridized carbons (Fsp3) is 0.545. The van der Waals surface area contributed by atoms with Gasteiger partial charge in [-0.3, -0.25) is 4.79 Å². The van der Waals surface area contributed by atoms with Crippen molar-refractivity contribution >= 4 is 18.0 Å². The number of nitrogens with one attached hydrogen (secondary N) is 2. The molecule has 2 amide bonds. The van der Waals surface area contributed by atoms with Crippen molar-refractivity contribution in [2.75, 3.05) is 6.54 Å². The molecule has 0 saturated heterocycles. The van der Waals surface area contributed by atoms with E-state index in [1.165, 1.54) is 0 Å². The molecule has 0 heterocycles. The zero-order valence-electron chi connectivity index (χ0n) is 9.81. The minimum Gasteiger partial charge on any atom is -0.481 e. The van der Waals surface area contributed by atoms with Gasteiger partial charge in [0.15, 0.2) is 0 Å². The number of terminal acetylenes is 1. The summed E-state index contributed by atoms with van der Waals surface area (Å²) in [4.78, 5) is 32.4. The van der Waals surface area contributed by atoms with Gasteiger partial charge in [-0.15, -0.1) is 12.3 Å². The molecule has 0 spiro atoms. The third kappa shape index (κ3) is 7.98. The molecule has 0 aliphatic carbocycles. The predicted octanol–water partition coefficient (Wildman–Crippen LogP) is 0.0170. The molecule has 0 fully saturated rings. The van der Waals surface area contributed by atoms with Crippen LogP contribution < -0.4 is 10.6 Å². The molecule has 0 aromatic carbocycles. The molecule has 0 saturated carbocycles. The van der Waals surface area contributed by atoms with Crippen LogP contribution in [0.5, 0.6) is 0 Å². The first-order chi connectivity index (χ1) is 8.47. The lowest BCUT2D eigenvalue weighted by molar-refractivity contribution is -0.140. The number of carbonyl (C=O) groups is 3. The first-order valence-electron chi connectivity index (χ1n) is 5.39. The lowest BCUT2D eigenvalue weighted by atomic mass is 10.1. The monoisotopic (exact) mass is 256 g/mol. The van der Waals surface area contributed by atoms with E-state index in [0.29, 0.717) is 19.4 Å². The van der Waals surface area contributed by atoms with Crippen molar-refractivity contribution in [3.05, 3.63) is 0 Å². The van der Waals surface area contributed by atoms with E-state index in [1.54, 1.807) is 0 Å². The number of amides is 2. The zero-order chi connectivity index (χ0) is 14.0. The van der Waals surface area contributed by atoms with Crippen LogP contribution in [0.1, 0.15) is 25.7 Å². The van der Waals surface area contributed by atoms with Gasteiger partial charge in [-0.25, -0.2) is 9.59 Å². The molecular formula is C11H16N2O5. The van der Waals surface area contributed by atoms with Crippen LogP contribution in [-0.2, 0) is 9.59 Å². The van der Waals surface area contributed by atoms with E-state index in [-0.39, 0.29) is 12.8 Å². The standard InChI is InChI=1S/C11H16N2O5/c1-2-3-4-7-12-11(18)13-8(10(16)17)5-6-9(14)15/h1,8H,3-7H2,(H,14,15)(H,16,17)(H2,12,13,18)/t8-/m0/s1. The van der Waals surface area contributed by atoms with E-state index < -0.39 is 24.0 Å². The summed E-state index contributed by atoms with van der Waals surface area (Å²) in [5.41, 5.74) is 0. The second-order valence-electron chi connectivity index (χ2n) is 3.53. The number of carbonyl (C=O) groups excluding carboxylic acids is 1. The topological polar surface area (TPSA) is 116 Å². The molecule has 18 heavy (non-hydrogen) atoms. The van der Waals surface area contributed by atoms with Crippen LogP contribution in [0.2, 0.25) is 0 Å². The molecule has 4 N–H and O–H groups in total. The van der Waals surface area contributed by atoms with Crippen molar-refractivity contribution in [3.8, 4) is 12.3 Å². The van der Waals surface area contributed by atoms with E-state index in [1.807, 2.05) is 0 Å². The lowest BCUT2D eigenvalue weighted by Gasteiger charge is -2.14. The number of carboxylic acid groups (broad SMARTS) is 2. The molecule has 0 unspecified atom stereocenters.